The van der Waals surface area contributed by atoms with Crippen LogP contribution in [-0.4, -0.2) is 23.5 Å². The lowest BCUT2D eigenvalue weighted by atomic mass is 10.2. The largest absolute Gasteiger partial charge is 0.334 e. The molecule has 0 unspecified atom stereocenters. The van der Waals surface area contributed by atoms with Crippen molar-refractivity contribution in [2.45, 2.75) is 32.4 Å². The molecular weight excluding hydrogens is 236 g/mol. The molecule has 0 radical (unpaired) electrons. The summed E-state index contributed by atoms with van der Waals surface area (Å²) < 4.78 is 0. The number of urea groups is 1. The SMILES string of the molecule is C[C@H]1CCCN1C(=O)NCc1cccc(Cl)c1. The van der Waals surface area contributed by atoms with Crippen molar-refractivity contribution in [3.05, 3.63) is 34.9 Å². The molecule has 17 heavy (non-hydrogen) atoms. The third-order valence-corrected chi connectivity index (χ3v) is 3.38. The number of benzene rings is 1. The highest BCUT2D eigenvalue weighted by Crippen LogP contribution is 2.16. The van der Waals surface area contributed by atoms with Gasteiger partial charge in [-0.2, -0.15) is 0 Å². The highest BCUT2D eigenvalue weighted by molar-refractivity contribution is 6.30. The molecule has 0 bridgehead atoms. The summed E-state index contributed by atoms with van der Waals surface area (Å²) in [4.78, 5) is 13.8. The predicted octanol–water partition coefficient (Wildman–Crippen LogP) is 3.03. The second-order valence-corrected chi connectivity index (χ2v) is 4.91. The van der Waals surface area contributed by atoms with Crippen LogP contribution in [0, 0.1) is 0 Å². The van der Waals surface area contributed by atoms with Gasteiger partial charge in [0, 0.05) is 24.2 Å². The van der Waals surface area contributed by atoms with Gasteiger partial charge in [-0.1, -0.05) is 23.7 Å². The van der Waals surface area contributed by atoms with Gasteiger partial charge in [0.05, 0.1) is 0 Å². The smallest absolute Gasteiger partial charge is 0.317 e. The zero-order chi connectivity index (χ0) is 12.3. The van der Waals surface area contributed by atoms with Crippen LogP contribution in [0.15, 0.2) is 24.3 Å². The first-order chi connectivity index (χ1) is 8.16. The van der Waals surface area contributed by atoms with Crippen LogP contribution in [0.2, 0.25) is 5.02 Å². The summed E-state index contributed by atoms with van der Waals surface area (Å²) in [5.74, 6) is 0. The summed E-state index contributed by atoms with van der Waals surface area (Å²) in [5.41, 5.74) is 1.03. The van der Waals surface area contributed by atoms with Crippen LogP contribution in [-0.2, 0) is 6.54 Å². The first-order valence-corrected chi connectivity index (χ1v) is 6.33. The van der Waals surface area contributed by atoms with E-state index in [4.69, 9.17) is 11.6 Å². The maximum Gasteiger partial charge on any atom is 0.317 e. The topological polar surface area (TPSA) is 32.3 Å². The summed E-state index contributed by atoms with van der Waals surface area (Å²) in [6.07, 6.45) is 2.20. The van der Waals surface area contributed by atoms with Gasteiger partial charge in [-0.05, 0) is 37.5 Å². The van der Waals surface area contributed by atoms with Gasteiger partial charge in [0.25, 0.3) is 0 Å². The molecule has 1 atom stereocenters. The van der Waals surface area contributed by atoms with Crippen molar-refractivity contribution in [2.75, 3.05) is 6.54 Å². The first kappa shape index (κ1) is 12.2. The van der Waals surface area contributed by atoms with Gasteiger partial charge in [0.2, 0.25) is 0 Å². The van der Waals surface area contributed by atoms with Gasteiger partial charge in [-0.3, -0.25) is 0 Å². The molecule has 0 aliphatic carbocycles. The van der Waals surface area contributed by atoms with Gasteiger partial charge in [0.1, 0.15) is 0 Å². The van der Waals surface area contributed by atoms with Crippen LogP contribution in [0.25, 0.3) is 0 Å². The highest BCUT2D eigenvalue weighted by atomic mass is 35.5. The Hall–Kier alpha value is -1.22. The molecule has 3 nitrogen and oxygen atoms in total. The summed E-state index contributed by atoms with van der Waals surface area (Å²) in [7, 11) is 0. The van der Waals surface area contributed by atoms with E-state index >= 15 is 0 Å². The van der Waals surface area contributed by atoms with E-state index in [-0.39, 0.29) is 6.03 Å². The number of hydrogen-bond donors (Lipinski definition) is 1. The van der Waals surface area contributed by atoms with Crippen LogP contribution >= 0.6 is 11.6 Å². The van der Waals surface area contributed by atoms with E-state index in [1.165, 1.54) is 0 Å². The summed E-state index contributed by atoms with van der Waals surface area (Å²) in [6, 6.07) is 7.93. The van der Waals surface area contributed by atoms with Gasteiger partial charge in [-0.25, -0.2) is 4.79 Å². The maximum atomic E-state index is 11.9. The molecule has 4 heteroatoms. The summed E-state index contributed by atoms with van der Waals surface area (Å²) >= 11 is 5.89. The van der Waals surface area contributed by atoms with Crippen LogP contribution < -0.4 is 5.32 Å². The Kier molecular flexibility index (Phi) is 3.89. The number of carbonyl (C=O) groups excluding carboxylic acids is 1. The van der Waals surface area contributed by atoms with E-state index in [0.29, 0.717) is 17.6 Å². The standard InChI is InChI=1S/C13H17ClN2O/c1-10-4-3-7-16(10)13(17)15-9-11-5-2-6-12(14)8-11/h2,5-6,8,10H,3-4,7,9H2,1H3,(H,15,17)/t10-/m0/s1. The first-order valence-electron chi connectivity index (χ1n) is 5.96. The molecule has 1 aliphatic rings. The van der Waals surface area contributed by atoms with E-state index < -0.39 is 0 Å². The third kappa shape index (κ3) is 3.13. The predicted molar refractivity (Wildman–Crippen MR) is 69.1 cm³/mol. The zero-order valence-electron chi connectivity index (χ0n) is 9.95. The minimum atomic E-state index is 0.0231. The zero-order valence-corrected chi connectivity index (χ0v) is 10.7. The number of hydrogen-bond acceptors (Lipinski definition) is 1. The maximum absolute atomic E-state index is 11.9. The third-order valence-electron chi connectivity index (χ3n) is 3.15. The summed E-state index contributed by atoms with van der Waals surface area (Å²) in [5, 5.41) is 3.63. The van der Waals surface area contributed by atoms with E-state index in [9.17, 15) is 4.79 Å². The fourth-order valence-corrected chi connectivity index (χ4v) is 2.37. The molecule has 1 aliphatic heterocycles. The Balaban J connectivity index is 1.88. The molecule has 1 heterocycles. The number of likely N-dealkylation sites (tertiary alicyclic amines) is 1. The Morgan fingerprint density at radius 2 is 2.41 bits per heavy atom. The van der Waals surface area contributed by atoms with Crippen molar-refractivity contribution in [1.82, 2.24) is 10.2 Å². The van der Waals surface area contributed by atoms with Crippen molar-refractivity contribution >= 4 is 17.6 Å². The number of amides is 2. The van der Waals surface area contributed by atoms with Crippen LogP contribution in [0.5, 0.6) is 0 Å². The molecular formula is C13H17ClN2O. The summed E-state index contributed by atoms with van der Waals surface area (Å²) in [6.45, 7) is 3.48. The lowest BCUT2D eigenvalue weighted by molar-refractivity contribution is 0.195. The van der Waals surface area contributed by atoms with E-state index in [2.05, 4.69) is 12.2 Å². The number of halogens is 1. The number of rotatable bonds is 2. The molecule has 2 rings (SSSR count). The Morgan fingerprint density at radius 1 is 1.59 bits per heavy atom. The normalized spacial score (nSPS) is 19.4. The molecule has 0 aromatic heterocycles. The number of nitrogens with one attached hydrogen (secondary N) is 1. The van der Waals surface area contributed by atoms with Crippen molar-refractivity contribution in [2.24, 2.45) is 0 Å². The van der Waals surface area contributed by atoms with Crippen LogP contribution in [0.3, 0.4) is 0 Å². The quantitative estimate of drug-likeness (QED) is 0.862. The lowest BCUT2D eigenvalue weighted by Gasteiger charge is -2.21. The molecule has 1 saturated heterocycles. The average molecular weight is 253 g/mol. The van der Waals surface area contributed by atoms with Crippen LogP contribution in [0.1, 0.15) is 25.3 Å². The van der Waals surface area contributed by atoms with Gasteiger partial charge in [-0.15, -0.1) is 0 Å². The minimum absolute atomic E-state index is 0.0231. The minimum Gasteiger partial charge on any atom is -0.334 e. The molecule has 2 amide bonds. The van der Waals surface area contributed by atoms with Crippen molar-refractivity contribution < 1.29 is 4.79 Å². The van der Waals surface area contributed by atoms with E-state index in [1.807, 2.05) is 29.2 Å². The Morgan fingerprint density at radius 3 is 3.06 bits per heavy atom. The molecule has 1 aromatic carbocycles. The highest BCUT2D eigenvalue weighted by Gasteiger charge is 2.24. The average Bonchev–Trinajstić information content (AvgIpc) is 2.72. The van der Waals surface area contributed by atoms with Crippen molar-refractivity contribution in [1.29, 1.82) is 0 Å². The van der Waals surface area contributed by atoms with Crippen molar-refractivity contribution in [3.8, 4) is 0 Å². The molecule has 92 valence electrons. The monoisotopic (exact) mass is 252 g/mol. The molecule has 1 fully saturated rings. The number of nitrogens with zero attached hydrogens (tertiary/aromatic N) is 1. The number of carbonyl (C=O) groups is 1. The Bertz CT molecular complexity index is 408. The van der Waals surface area contributed by atoms with Gasteiger partial charge < -0.3 is 10.2 Å². The molecule has 0 saturated carbocycles. The van der Waals surface area contributed by atoms with Gasteiger partial charge in [0.15, 0.2) is 0 Å². The fraction of sp³-hybridized carbons (Fsp3) is 0.462. The lowest BCUT2D eigenvalue weighted by Crippen LogP contribution is -2.41. The fourth-order valence-electron chi connectivity index (χ4n) is 2.16. The van der Waals surface area contributed by atoms with E-state index in [1.54, 1.807) is 0 Å². The second kappa shape index (κ2) is 5.41. The molecule has 1 aromatic rings. The molecule has 0 spiro atoms. The molecule has 1 N–H and O–H groups in total. The van der Waals surface area contributed by atoms with E-state index in [0.717, 1.165) is 24.9 Å². The second-order valence-electron chi connectivity index (χ2n) is 4.47. The van der Waals surface area contributed by atoms with Gasteiger partial charge >= 0.3 is 6.03 Å². The van der Waals surface area contributed by atoms with Crippen LogP contribution in [0.4, 0.5) is 4.79 Å². The van der Waals surface area contributed by atoms with Crippen molar-refractivity contribution in [3.63, 3.8) is 0 Å². The Labute approximate surface area is 107 Å².